The van der Waals surface area contributed by atoms with Gasteiger partial charge in [-0.05, 0) is 46.2 Å². The predicted octanol–water partition coefficient (Wildman–Crippen LogP) is 3.92. The SMILES string of the molecule is Cc1ccccc1-c1cc(C(=O)N(CC(=O)O)C(C)C)c2cnn(C(C)C)c2n1. The molecule has 0 saturated heterocycles. The summed E-state index contributed by atoms with van der Waals surface area (Å²) in [5, 5.41) is 14.3. The zero-order valence-electron chi connectivity index (χ0n) is 17.4. The molecule has 152 valence electrons. The average Bonchev–Trinajstić information content (AvgIpc) is 3.09. The molecule has 7 heteroatoms. The molecule has 1 N–H and O–H groups in total. The van der Waals surface area contributed by atoms with Gasteiger partial charge in [0.25, 0.3) is 5.91 Å². The lowest BCUT2D eigenvalue weighted by Crippen LogP contribution is -2.40. The number of pyridine rings is 1. The van der Waals surface area contributed by atoms with Crippen LogP contribution in [0.4, 0.5) is 0 Å². The Bertz CT molecular complexity index is 1070. The predicted molar refractivity (Wildman–Crippen MR) is 112 cm³/mol. The molecule has 0 bridgehead atoms. The zero-order valence-corrected chi connectivity index (χ0v) is 17.4. The van der Waals surface area contributed by atoms with Gasteiger partial charge in [0, 0.05) is 17.6 Å². The normalized spacial score (nSPS) is 11.4. The van der Waals surface area contributed by atoms with E-state index in [9.17, 15) is 14.7 Å². The molecule has 0 fully saturated rings. The van der Waals surface area contributed by atoms with Crippen LogP contribution >= 0.6 is 0 Å². The Labute approximate surface area is 170 Å². The van der Waals surface area contributed by atoms with Crippen LogP contribution in [0, 0.1) is 6.92 Å². The van der Waals surface area contributed by atoms with Crippen molar-refractivity contribution in [1.82, 2.24) is 19.7 Å². The summed E-state index contributed by atoms with van der Waals surface area (Å²) in [5.41, 5.74) is 3.66. The van der Waals surface area contributed by atoms with E-state index in [0.29, 0.717) is 22.3 Å². The number of fused-ring (bicyclic) bond motifs is 1. The van der Waals surface area contributed by atoms with Gasteiger partial charge in [-0.3, -0.25) is 9.59 Å². The smallest absolute Gasteiger partial charge is 0.323 e. The molecule has 0 saturated carbocycles. The molecular weight excluding hydrogens is 368 g/mol. The second-order valence-electron chi connectivity index (χ2n) is 7.71. The maximum absolute atomic E-state index is 13.4. The second-order valence-corrected chi connectivity index (χ2v) is 7.71. The number of aryl methyl sites for hydroxylation is 1. The molecule has 0 aliphatic rings. The summed E-state index contributed by atoms with van der Waals surface area (Å²) >= 11 is 0. The average molecular weight is 394 g/mol. The summed E-state index contributed by atoms with van der Waals surface area (Å²) in [6, 6.07) is 9.39. The molecule has 1 aromatic carbocycles. The fourth-order valence-electron chi connectivity index (χ4n) is 3.36. The van der Waals surface area contributed by atoms with Crippen molar-refractivity contribution in [2.24, 2.45) is 0 Å². The Morgan fingerprint density at radius 2 is 1.86 bits per heavy atom. The maximum atomic E-state index is 13.4. The molecule has 0 radical (unpaired) electrons. The number of nitrogens with zero attached hydrogens (tertiary/aromatic N) is 4. The van der Waals surface area contributed by atoms with E-state index in [1.807, 2.05) is 45.0 Å². The minimum Gasteiger partial charge on any atom is -0.480 e. The summed E-state index contributed by atoms with van der Waals surface area (Å²) in [7, 11) is 0. The summed E-state index contributed by atoms with van der Waals surface area (Å²) in [4.78, 5) is 30.9. The van der Waals surface area contributed by atoms with Gasteiger partial charge in [-0.1, -0.05) is 24.3 Å². The molecule has 0 aliphatic heterocycles. The quantitative estimate of drug-likeness (QED) is 0.684. The molecule has 2 heterocycles. The van der Waals surface area contributed by atoms with Crippen molar-refractivity contribution in [1.29, 1.82) is 0 Å². The number of rotatable bonds is 6. The van der Waals surface area contributed by atoms with Crippen LogP contribution < -0.4 is 0 Å². The van der Waals surface area contributed by atoms with E-state index in [0.717, 1.165) is 11.1 Å². The lowest BCUT2D eigenvalue weighted by Gasteiger charge is -2.25. The van der Waals surface area contributed by atoms with Gasteiger partial charge < -0.3 is 10.0 Å². The highest BCUT2D eigenvalue weighted by Crippen LogP contribution is 2.29. The van der Waals surface area contributed by atoms with Gasteiger partial charge in [0.1, 0.15) is 6.54 Å². The van der Waals surface area contributed by atoms with Crippen LogP contribution in [0.15, 0.2) is 36.5 Å². The third-order valence-corrected chi connectivity index (χ3v) is 4.90. The number of aliphatic carboxylic acids is 1. The fourth-order valence-corrected chi connectivity index (χ4v) is 3.36. The van der Waals surface area contributed by atoms with Gasteiger partial charge in [0.2, 0.25) is 0 Å². The number of carboxylic acids is 1. The first kappa shape index (κ1) is 20.5. The molecule has 0 spiro atoms. The van der Waals surface area contributed by atoms with E-state index < -0.39 is 5.97 Å². The van der Waals surface area contributed by atoms with Crippen molar-refractivity contribution in [2.45, 2.75) is 46.7 Å². The molecule has 1 amide bonds. The second kappa shape index (κ2) is 8.03. The van der Waals surface area contributed by atoms with Gasteiger partial charge in [-0.25, -0.2) is 9.67 Å². The topological polar surface area (TPSA) is 88.3 Å². The monoisotopic (exact) mass is 394 g/mol. The summed E-state index contributed by atoms with van der Waals surface area (Å²) in [5.74, 6) is -1.39. The first-order valence-corrected chi connectivity index (χ1v) is 9.67. The van der Waals surface area contributed by atoms with Crippen LogP contribution in [-0.4, -0.2) is 49.2 Å². The Morgan fingerprint density at radius 1 is 1.17 bits per heavy atom. The highest BCUT2D eigenvalue weighted by Gasteiger charge is 2.26. The summed E-state index contributed by atoms with van der Waals surface area (Å²) in [6.45, 7) is 9.24. The molecule has 0 unspecified atom stereocenters. The number of benzene rings is 1. The van der Waals surface area contributed by atoms with Crippen molar-refractivity contribution in [3.63, 3.8) is 0 Å². The lowest BCUT2D eigenvalue weighted by molar-refractivity contribution is -0.138. The number of amides is 1. The number of carbonyl (C=O) groups excluding carboxylic acids is 1. The molecule has 0 aliphatic carbocycles. The molecule has 0 atom stereocenters. The molecule has 3 aromatic rings. The van der Waals surface area contributed by atoms with Crippen molar-refractivity contribution in [2.75, 3.05) is 6.54 Å². The van der Waals surface area contributed by atoms with Crippen molar-refractivity contribution >= 4 is 22.9 Å². The minimum absolute atomic E-state index is 0.0651. The molecule has 3 rings (SSSR count). The first-order valence-electron chi connectivity index (χ1n) is 9.67. The van der Waals surface area contributed by atoms with Crippen LogP contribution in [0.1, 0.15) is 49.7 Å². The Balaban J connectivity index is 2.26. The largest absolute Gasteiger partial charge is 0.480 e. The van der Waals surface area contributed by atoms with Crippen LogP contribution in [0.25, 0.3) is 22.3 Å². The van der Waals surface area contributed by atoms with Crippen molar-refractivity contribution in [3.8, 4) is 11.3 Å². The van der Waals surface area contributed by atoms with Gasteiger partial charge >= 0.3 is 5.97 Å². The van der Waals surface area contributed by atoms with Crippen LogP contribution in [0.3, 0.4) is 0 Å². The third kappa shape index (κ3) is 3.99. The maximum Gasteiger partial charge on any atom is 0.323 e. The zero-order chi connectivity index (χ0) is 21.3. The highest BCUT2D eigenvalue weighted by molar-refractivity contribution is 6.07. The van der Waals surface area contributed by atoms with Crippen LogP contribution in [-0.2, 0) is 4.79 Å². The number of carboxylic acid groups (broad SMARTS) is 1. The Hall–Kier alpha value is -3.22. The van der Waals surface area contributed by atoms with E-state index in [-0.39, 0.29) is 24.5 Å². The standard InChI is InChI=1S/C22H26N4O3/c1-13(2)25(12-20(27)28)22(29)17-10-19(16-9-7-6-8-15(16)5)24-21-18(17)11-23-26(21)14(3)4/h6-11,13-14H,12H2,1-5H3,(H,27,28). The van der Waals surface area contributed by atoms with Crippen LogP contribution in [0.5, 0.6) is 0 Å². The Morgan fingerprint density at radius 3 is 2.45 bits per heavy atom. The third-order valence-electron chi connectivity index (χ3n) is 4.90. The Kier molecular flexibility index (Phi) is 5.68. The molecular formula is C22H26N4O3. The van der Waals surface area contributed by atoms with Gasteiger partial charge in [0.05, 0.1) is 22.8 Å². The molecule has 29 heavy (non-hydrogen) atoms. The van der Waals surface area contributed by atoms with Crippen LogP contribution in [0.2, 0.25) is 0 Å². The summed E-state index contributed by atoms with van der Waals surface area (Å²) < 4.78 is 1.78. The van der Waals surface area contributed by atoms with E-state index in [1.54, 1.807) is 30.8 Å². The van der Waals surface area contributed by atoms with Gasteiger partial charge in [-0.2, -0.15) is 5.10 Å². The van der Waals surface area contributed by atoms with E-state index >= 15 is 0 Å². The van der Waals surface area contributed by atoms with E-state index in [2.05, 4.69) is 5.10 Å². The van der Waals surface area contributed by atoms with E-state index in [1.165, 1.54) is 4.90 Å². The minimum atomic E-state index is -1.05. The van der Waals surface area contributed by atoms with Crippen molar-refractivity contribution in [3.05, 3.63) is 47.7 Å². The highest BCUT2D eigenvalue weighted by atomic mass is 16.4. The molecule has 2 aromatic heterocycles. The number of aromatic nitrogens is 3. The van der Waals surface area contributed by atoms with Gasteiger partial charge in [0.15, 0.2) is 5.65 Å². The number of hydrogen-bond donors (Lipinski definition) is 1. The van der Waals surface area contributed by atoms with Gasteiger partial charge in [-0.15, -0.1) is 0 Å². The van der Waals surface area contributed by atoms with Crippen molar-refractivity contribution < 1.29 is 14.7 Å². The number of hydrogen-bond acceptors (Lipinski definition) is 4. The number of carbonyl (C=O) groups is 2. The first-order chi connectivity index (χ1) is 13.7. The lowest BCUT2D eigenvalue weighted by atomic mass is 10.0. The molecule has 7 nitrogen and oxygen atoms in total. The van der Waals surface area contributed by atoms with E-state index in [4.69, 9.17) is 4.98 Å². The summed E-state index contributed by atoms with van der Waals surface area (Å²) in [6.07, 6.45) is 1.64. The fraction of sp³-hybridized carbons (Fsp3) is 0.364.